The molecule has 2 aromatic rings. The lowest BCUT2D eigenvalue weighted by atomic mass is 10.1. The first-order valence-corrected chi connectivity index (χ1v) is 6.49. The number of benzene rings is 1. The highest BCUT2D eigenvalue weighted by Gasteiger charge is 2.18. The van der Waals surface area contributed by atoms with Crippen molar-refractivity contribution in [3.05, 3.63) is 40.8 Å². The minimum Gasteiger partial charge on any atom is -0.297 e. The van der Waals surface area contributed by atoms with E-state index in [9.17, 15) is 4.79 Å². The topological polar surface area (TPSA) is 17.1 Å². The van der Waals surface area contributed by atoms with Crippen molar-refractivity contribution in [2.24, 2.45) is 0 Å². The summed E-state index contributed by atoms with van der Waals surface area (Å²) in [6.07, 6.45) is 0.941. The smallest absolute Gasteiger partial charge is 0.160 e. The van der Waals surface area contributed by atoms with Crippen LogP contribution in [0.2, 0.25) is 0 Å². The molecule has 1 aromatic heterocycles. The summed E-state index contributed by atoms with van der Waals surface area (Å²) in [6, 6.07) is 10.4. The molecule has 3 heteroatoms. The van der Waals surface area contributed by atoms with E-state index >= 15 is 0 Å². The maximum Gasteiger partial charge on any atom is 0.160 e. The minimum atomic E-state index is 0.831. The Bertz CT molecular complexity index is 528. The summed E-state index contributed by atoms with van der Waals surface area (Å²) in [5.41, 5.74) is 2.58. The number of hydrogen-bond acceptors (Lipinski definition) is 3. The zero-order valence-electron chi connectivity index (χ0n) is 7.90. The molecular weight excluding hydrogens is 224 g/mol. The van der Waals surface area contributed by atoms with Gasteiger partial charge in [-0.15, -0.1) is 23.1 Å². The molecule has 0 N–H and O–H groups in total. The fourth-order valence-electron chi connectivity index (χ4n) is 1.78. The first kappa shape index (κ1) is 9.19. The van der Waals surface area contributed by atoms with E-state index in [0.29, 0.717) is 0 Å². The Morgan fingerprint density at radius 1 is 1.27 bits per heavy atom. The Balaban J connectivity index is 2.24. The molecule has 15 heavy (non-hydrogen) atoms. The first-order valence-electron chi connectivity index (χ1n) is 4.68. The van der Waals surface area contributed by atoms with Crippen LogP contribution in [0.4, 0.5) is 0 Å². The van der Waals surface area contributed by atoms with Crippen LogP contribution in [0.5, 0.6) is 0 Å². The van der Waals surface area contributed by atoms with Gasteiger partial charge in [0.1, 0.15) is 0 Å². The predicted molar refractivity (Wildman–Crippen MR) is 64.7 cm³/mol. The Kier molecular flexibility index (Phi) is 2.15. The van der Waals surface area contributed by atoms with E-state index in [1.165, 1.54) is 20.9 Å². The number of hydrogen-bond donors (Lipinski definition) is 0. The molecule has 0 aliphatic carbocycles. The quantitative estimate of drug-likeness (QED) is 0.695. The second kappa shape index (κ2) is 3.51. The zero-order chi connectivity index (χ0) is 10.3. The number of thioether (sulfide) groups is 1. The highest BCUT2D eigenvalue weighted by atomic mass is 32.2. The number of fused-ring (bicyclic) bond motifs is 3. The summed E-state index contributed by atoms with van der Waals surface area (Å²) in [4.78, 5) is 14.2. The molecule has 1 aliphatic heterocycles. The van der Waals surface area contributed by atoms with Gasteiger partial charge in [0.25, 0.3) is 0 Å². The van der Waals surface area contributed by atoms with Crippen LogP contribution in [0.25, 0.3) is 10.4 Å². The Labute approximate surface area is 96.1 Å². The molecule has 1 aromatic carbocycles. The maximum atomic E-state index is 10.7. The summed E-state index contributed by atoms with van der Waals surface area (Å²) in [6.45, 7) is 0. The number of thiophene rings is 1. The van der Waals surface area contributed by atoms with Crippen LogP contribution in [-0.2, 0) is 5.75 Å². The van der Waals surface area contributed by atoms with E-state index < -0.39 is 0 Å². The van der Waals surface area contributed by atoms with Gasteiger partial charge in [-0.2, -0.15) is 0 Å². The molecule has 0 atom stereocenters. The second-order valence-electron chi connectivity index (χ2n) is 3.41. The van der Waals surface area contributed by atoms with Gasteiger partial charge < -0.3 is 0 Å². The van der Waals surface area contributed by atoms with Gasteiger partial charge in [-0.1, -0.05) is 18.2 Å². The van der Waals surface area contributed by atoms with Crippen LogP contribution in [0.3, 0.4) is 0 Å². The molecule has 0 saturated carbocycles. The summed E-state index contributed by atoms with van der Waals surface area (Å²) in [5.74, 6) is 0.983. The number of carbonyl (C=O) groups is 1. The molecule has 0 unspecified atom stereocenters. The Morgan fingerprint density at radius 3 is 3.00 bits per heavy atom. The summed E-state index contributed by atoms with van der Waals surface area (Å²) >= 11 is 3.44. The number of carbonyl (C=O) groups excluding carboxylic acids is 1. The van der Waals surface area contributed by atoms with Gasteiger partial charge in [-0.05, 0) is 17.7 Å². The monoisotopic (exact) mass is 232 g/mol. The third-order valence-electron chi connectivity index (χ3n) is 2.46. The van der Waals surface area contributed by atoms with Crippen molar-refractivity contribution in [2.45, 2.75) is 10.6 Å². The molecule has 0 radical (unpaired) electrons. The van der Waals surface area contributed by atoms with Crippen LogP contribution in [0.15, 0.2) is 35.2 Å². The lowest BCUT2D eigenvalue weighted by Crippen LogP contribution is -1.90. The van der Waals surface area contributed by atoms with Crippen molar-refractivity contribution in [3.63, 3.8) is 0 Å². The van der Waals surface area contributed by atoms with E-state index in [1.807, 2.05) is 17.8 Å². The number of aldehydes is 1. The molecular formula is C12H8OS2. The number of rotatable bonds is 1. The third kappa shape index (κ3) is 1.43. The van der Waals surface area contributed by atoms with Crippen LogP contribution >= 0.6 is 23.1 Å². The summed E-state index contributed by atoms with van der Waals surface area (Å²) < 4.78 is 0. The minimum absolute atomic E-state index is 0.831. The molecule has 0 bridgehead atoms. The van der Waals surface area contributed by atoms with Crippen LogP contribution < -0.4 is 0 Å². The molecule has 3 rings (SSSR count). The van der Waals surface area contributed by atoms with Gasteiger partial charge in [-0.25, -0.2) is 0 Å². The van der Waals surface area contributed by atoms with Crippen molar-refractivity contribution in [2.75, 3.05) is 0 Å². The molecule has 1 nitrogen and oxygen atoms in total. The van der Waals surface area contributed by atoms with Gasteiger partial charge in [0.2, 0.25) is 0 Å². The highest BCUT2D eigenvalue weighted by molar-refractivity contribution is 7.98. The normalized spacial score (nSPS) is 13.1. The van der Waals surface area contributed by atoms with Crippen molar-refractivity contribution >= 4 is 29.4 Å². The summed E-state index contributed by atoms with van der Waals surface area (Å²) in [5, 5.41) is 0. The first-order chi connectivity index (χ1) is 7.38. The predicted octanol–water partition coefficient (Wildman–Crippen LogP) is 3.83. The lowest BCUT2D eigenvalue weighted by molar-refractivity contribution is 0.112. The average Bonchev–Trinajstić information content (AvgIpc) is 2.72. The van der Waals surface area contributed by atoms with Gasteiger partial charge >= 0.3 is 0 Å². The SMILES string of the molecule is O=Cc1cc2c(s1)-c1ccccc1SC2. The van der Waals surface area contributed by atoms with Gasteiger partial charge in [0, 0.05) is 21.1 Å². The average molecular weight is 232 g/mol. The standard InChI is InChI=1S/C12H8OS2/c13-6-9-5-8-7-14-11-4-2-1-3-10(11)12(8)15-9/h1-6H,7H2. The van der Waals surface area contributed by atoms with E-state index in [-0.39, 0.29) is 0 Å². The van der Waals surface area contributed by atoms with Crippen LogP contribution in [0, 0.1) is 0 Å². The van der Waals surface area contributed by atoms with Crippen LogP contribution in [-0.4, -0.2) is 6.29 Å². The fourth-order valence-corrected chi connectivity index (χ4v) is 4.01. The lowest BCUT2D eigenvalue weighted by Gasteiger charge is -2.14. The van der Waals surface area contributed by atoms with Crippen LogP contribution in [0.1, 0.15) is 15.2 Å². The maximum absolute atomic E-state index is 10.7. The molecule has 0 amide bonds. The van der Waals surface area contributed by atoms with Crippen molar-refractivity contribution < 1.29 is 4.79 Å². The molecule has 0 saturated heterocycles. The third-order valence-corrected chi connectivity index (χ3v) is 4.72. The molecule has 2 heterocycles. The molecule has 0 spiro atoms. The van der Waals surface area contributed by atoms with E-state index in [2.05, 4.69) is 24.3 Å². The molecule has 1 aliphatic rings. The fraction of sp³-hybridized carbons (Fsp3) is 0.0833. The second-order valence-corrected chi connectivity index (χ2v) is 5.51. The zero-order valence-corrected chi connectivity index (χ0v) is 9.53. The summed E-state index contributed by atoms with van der Waals surface area (Å²) in [7, 11) is 0. The largest absolute Gasteiger partial charge is 0.297 e. The van der Waals surface area contributed by atoms with Gasteiger partial charge in [0.15, 0.2) is 6.29 Å². The Morgan fingerprint density at radius 2 is 2.13 bits per heavy atom. The molecule has 0 fully saturated rings. The molecule has 74 valence electrons. The van der Waals surface area contributed by atoms with Crippen molar-refractivity contribution in [1.82, 2.24) is 0 Å². The Hall–Kier alpha value is -1.06. The van der Waals surface area contributed by atoms with Gasteiger partial charge in [0.05, 0.1) is 4.88 Å². The van der Waals surface area contributed by atoms with Crippen molar-refractivity contribution in [1.29, 1.82) is 0 Å². The highest BCUT2D eigenvalue weighted by Crippen LogP contribution is 2.44. The van der Waals surface area contributed by atoms with Gasteiger partial charge in [-0.3, -0.25) is 4.79 Å². The van der Waals surface area contributed by atoms with E-state index in [0.717, 1.165) is 16.9 Å². The van der Waals surface area contributed by atoms with Crippen molar-refractivity contribution in [3.8, 4) is 10.4 Å². The van der Waals surface area contributed by atoms with E-state index in [4.69, 9.17) is 0 Å². The van der Waals surface area contributed by atoms with E-state index in [1.54, 1.807) is 11.3 Å².